The van der Waals surface area contributed by atoms with Crippen LogP contribution in [0.4, 0.5) is 0 Å². The zero-order valence-corrected chi connectivity index (χ0v) is 13.0. The van der Waals surface area contributed by atoms with Crippen molar-refractivity contribution < 1.29 is 19.1 Å². The second-order valence-corrected chi connectivity index (χ2v) is 6.62. The summed E-state index contributed by atoms with van der Waals surface area (Å²) >= 11 is 0. The lowest BCUT2D eigenvalue weighted by Gasteiger charge is -2.44. The maximum absolute atomic E-state index is 12.5. The predicted octanol–water partition coefficient (Wildman–Crippen LogP) is 1.75. The maximum Gasteiger partial charge on any atom is 0.311 e. The number of methoxy groups -OCH3 is 2. The lowest BCUT2D eigenvalue weighted by molar-refractivity contribution is -0.159. The van der Waals surface area contributed by atoms with Crippen molar-refractivity contribution in [3.8, 4) is 0 Å². The highest BCUT2D eigenvalue weighted by molar-refractivity contribution is 5.85. The van der Waals surface area contributed by atoms with Gasteiger partial charge < -0.3 is 9.47 Å². The van der Waals surface area contributed by atoms with Gasteiger partial charge in [-0.3, -0.25) is 14.5 Å². The zero-order chi connectivity index (χ0) is 15.0. The van der Waals surface area contributed by atoms with Crippen molar-refractivity contribution in [3.63, 3.8) is 0 Å². The van der Waals surface area contributed by atoms with Crippen LogP contribution in [0.3, 0.4) is 0 Å². The molecular formula is C16H25NO4. The van der Waals surface area contributed by atoms with E-state index >= 15 is 0 Å². The lowest BCUT2D eigenvalue weighted by Crippen LogP contribution is -2.52. The number of carbonyl (C=O) groups excluding carboxylic acids is 2. The van der Waals surface area contributed by atoms with E-state index in [2.05, 4.69) is 4.90 Å². The van der Waals surface area contributed by atoms with Crippen LogP contribution in [0.25, 0.3) is 0 Å². The van der Waals surface area contributed by atoms with Crippen molar-refractivity contribution in [1.29, 1.82) is 0 Å². The molecule has 0 unspecified atom stereocenters. The summed E-state index contributed by atoms with van der Waals surface area (Å²) in [6.07, 6.45) is 7.56. The van der Waals surface area contributed by atoms with E-state index in [0.717, 1.165) is 45.1 Å². The molecule has 5 heteroatoms. The zero-order valence-electron chi connectivity index (χ0n) is 13.0. The fraction of sp³-hybridized carbons (Fsp3) is 0.875. The second-order valence-electron chi connectivity index (χ2n) is 6.62. The normalized spacial score (nSPS) is 34.7. The Hall–Kier alpha value is -1.10. The van der Waals surface area contributed by atoms with Crippen LogP contribution in [-0.4, -0.2) is 49.2 Å². The van der Waals surface area contributed by atoms with Gasteiger partial charge in [-0.15, -0.1) is 0 Å². The summed E-state index contributed by atoms with van der Waals surface area (Å²) < 4.78 is 10.1. The highest BCUT2D eigenvalue weighted by Crippen LogP contribution is 2.54. The van der Waals surface area contributed by atoms with Crippen molar-refractivity contribution in [2.75, 3.05) is 20.8 Å². The third-order valence-electron chi connectivity index (χ3n) is 5.87. The minimum absolute atomic E-state index is 0.152. The quantitative estimate of drug-likeness (QED) is 0.726. The molecule has 3 fully saturated rings. The van der Waals surface area contributed by atoms with Gasteiger partial charge in [-0.25, -0.2) is 0 Å². The van der Waals surface area contributed by atoms with Crippen LogP contribution in [0.1, 0.15) is 44.9 Å². The summed E-state index contributed by atoms with van der Waals surface area (Å²) in [7, 11) is 2.85. The highest BCUT2D eigenvalue weighted by atomic mass is 16.5. The molecule has 3 rings (SSSR count). The Bertz CT molecular complexity index is 430. The third-order valence-corrected chi connectivity index (χ3v) is 5.87. The van der Waals surface area contributed by atoms with E-state index < -0.39 is 0 Å². The minimum Gasteiger partial charge on any atom is -0.469 e. The molecule has 5 nitrogen and oxygen atoms in total. The molecule has 0 aromatic rings. The van der Waals surface area contributed by atoms with Crippen LogP contribution in [0, 0.1) is 11.8 Å². The molecule has 3 atom stereocenters. The molecule has 21 heavy (non-hydrogen) atoms. The van der Waals surface area contributed by atoms with E-state index in [0.29, 0.717) is 0 Å². The molecule has 0 aromatic heterocycles. The molecule has 0 N–H and O–H groups in total. The summed E-state index contributed by atoms with van der Waals surface area (Å²) in [6, 6.07) is 0.152. The summed E-state index contributed by atoms with van der Waals surface area (Å²) in [4.78, 5) is 27.3. The maximum atomic E-state index is 12.5. The predicted molar refractivity (Wildman–Crippen MR) is 76.6 cm³/mol. The Morgan fingerprint density at radius 2 is 1.67 bits per heavy atom. The minimum atomic E-state index is -0.361. The highest BCUT2D eigenvalue weighted by Gasteiger charge is 2.64. The number of hydrogen-bond acceptors (Lipinski definition) is 5. The van der Waals surface area contributed by atoms with Crippen LogP contribution >= 0.6 is 0 Å². The average Bonchev–Trinajstić information content (AvgIpc) is 3.09. The largest absolute Gasteiger partial charge is 0.469 e. The molecule has 1 spiro atoms. The molecule has 0 radical (unpaired) electrons. The first kappa shape index (κ1) is 14.8. The van der Waals surface area contributed by atoms with E-state index in [1.807, 2.05) is 0 Å². The van der Waals surface area contributed by atoms with Crippen molar-refractivity contribution in [1.82, 2.24) is 4.90 Å². The molecule has 0 amide bonds. The van der Waals surface area contributed by atoms with Gasteiger partial charge in [0.05, 0.1) is 26.1 Å². The Morgan fingerprint density at radius 3 is 2.29 bits per heavy atom. The molecule has 2 heterocycles. The van der Waals surface area contributed by atoms with Crippen molar-refractivity contribution in [2.24, 2.45) is 11.8 Å². The fourth-order valence-corrected chi connectivity index (χ4v) is 5.14. The number of carbonyl (C=O) groups is 2. The molecule has 3 aliphatic rings. The van der Waals surface area contributed by atoms with E-state index in [4.69, 9.17) is 9.47 Å². The van der Waals surface area contributed by atoms with Gasteiger partial charge in [-0.1, -0.05) is 19.3 Å². The van der Waals surface area contributed by atoms with Gasteiger partial charge in [0.2, 0.25) is 0 Å². The monoisotopic (exact) mass is 295 g/mol. The van der Waals surface area contributed by atoms with Gasteiger partial charge in [0, 0.05) is 11.6 Å². The summed E-state index contributed by atoms with van der Waals surface area (Å²) in [5.41, 5.74) is -0.175. The van der Waals surface area contributed by atoms with Gasteiger partial charge in [0.15, 0.2) is 0 Å². The number of nitrogens with zero attached hydrogens (tertiary/aromatic N) is 1. The number of esters is 2. The SMILES string of the molecule is COC(=O)[C@@H]1[C@@H]2CCCN2C2(CCCCC2)[C@H]1C(=O)OC. The Kier molecular flexibility index (Phi) is 3.95. The first-order valence-corrected chi connectivity index (χ1v) is 8.08. The van der Waals surface area contributed by atoms with Crippen molar-refractivity contribution >= 4 is 11.9 Å². The van der Waals surface area contributed by atoms with Gasteiger partial charge in [0.1, 0.15) is 0 Å². The van der Waals surface area contributed by atoms with E-state index in [1.165, 1.54) is 20.6 Å². The molecule has 1 saturated carbocycles. The molecule has 118 valence electrons. The van der Waals surface area contributed by atoms with Crippen LogP contribution < -0.4 is 0 Å². The van der Waals surface area contributed by atoms with Crippen molar-refractivity contribution in [2.45, 2.75) is 56.5 Å². The van der Waals surface area contributed by atoms with Crippen molar-refractivity contribution in [3.05, 3.63) is 0 Å². The van der Waals surface area contributed by atoms with Crippen LogP contribution in [-0.2, 0) is 19.1 Å². The molecular weight excluding hydrogens is 270 g/mol. The Labute approximate surface area is 126 Å². The summed E-state index contributed by atoms with van der Waals surface area (Å²) in [5.74, 6) is -1.20. The van der Waals surface area contributed by atoms with Gasteiger partial charge >= 0.3 is 11.9 Å². The molecule has 1 aliphatic carbocycles. The van der Waals surface area contributed by atoms with Gasteiger partial charge in [0.25, 0.3) is 0 Å². The van der Waals surface area contributed by atoms with Gasteiger partial charge in [-0.05, 0) is 32.2 Å². The smallest absolute Gasteiger partial charge is 0.311 e. The first-order valence-electron chi connectivity index (χ1n) is 8.08. The number of rotatable bonds is 2. The van der Waals surface area contributed by atoms with Crippen LogP contribution in [0.15, 0.2) is 0 Å². The number of hydrogen-bond donors (Lipinski definition) is 0. The number of fused-ring (bicyclic) bond motifs is 2. The molecule has 0 bridgehead atoms. The van der Waals surface area contributed by atoms with Crippen LogP contribution in [0.2, 0.25) is 0 Å². The third kappa shape index (κ3) is 2.08. The van der Waals surface area contributed by atoms with Crippen LogP contribution in [0.5, 0.6) is 0 Å². The topological polar surface area (TPSA) is 55.8 Å². The summed E-state index contributed by atoms with van der Waals surface area (Å²) in [6.45, 7) is 0.992. The Morgan fingerprint density at radius 1 is 1.00 bits per heavy atom. The standard InChI is InChI=1S/C16H25NO4/c1-20-14(18)12-11-7-6-10-17(11)16(8-4-3-5-9-16)13(12)15(19)21-2/h11-13H,3-10H2,1-2H3/t11-,12+,13+/m0/s1. The molecule has 0 aromatic carbocycles. The number of ether oxygens (including phenoxy) is 2. The molecule has 2 saturated heterocycles. The van der Waals surface area contributed by atoms with E-state index in [-0.39, 0.29) is 35.4 Å². The van der Waals surface area contributed by atoms with E-state index in [1.54, 1.807) is 0 Å². The first-order chi connectivity index (χ1) is 10.2. The lowest BCUT2D eigenvalue weighted by atomic mass is 9.70. The van der Waals surface area contributed by atoms with E-state index in [9.17, 15) is 9.59 Å². The fourth-order valence-electron chi connectivity index (χ4n) is 5.14. The Balaban J connectivity index is 2.03. The molecule has 2 aliphatic heterocycles. The average molecular weight is 295 g/mol. The van der Waals surface area contributed by atoms with Gasteiger partial charge in [-0.2, -0.15) is 0 Å². The second kappa shape index (κ2) is 5.59. The summed E-state index contributed by atoms with van der Waals surface area (Å²) in [5, 5.41) is 0.